The number of hydrogen-bond donors (Lipinski definition) is 1. The van der Waals surface area contributed by atoms with E-state index in [0.29, 0.717) is 11.5 Å². The molecule has 2 saturated carbocycles. The fraction of sp³-hybridized carbons (Fsp3) is 0.560. The summed E-state index contributed by atoms with van der Waals surface area (Å²) in [6.45, 7) is 4.25. The van der Waals surface area contributed by atoms with E-state index in [0.717, 1.165) is 28.7 Å². The normalized spacial score (nSPS) is 28.1. The number of carbonyl (C=O) groups is 1. The van der Waals surface area contributed by atoms with Gasteiger partial charge in [0.2, 0.25) is 0 Å². The minimum absolute atomic E-state index is 0.416. The van der Waals surface area contributed by atoms with Crippen molar-refractivity contribution in [2.45, 2.75) is 71.1 Å². The minimum Gasteiger partial charge on any atom is -0.478 e. The zero-order valence-corrected chi connectivity index (χ0v) is 16.7. The van der Waals surface area contributed by atoms with Crippen molar-refractivity contribution in [2.24, 2.45) is 17.8 Å². The van der Waals surface area contributed by atoms with Gasteiger partial charge < -0.3 is 5.11 Å². The summed E-state index contributed by atoms with van der Waals surface area (Å²) in [5, 5.41) is 11.6. The predicted molar refractivity (Wildman–Crippen MR) is 111 cm³/mol. The maximum Gasteiger partial charge on any atom is 0.335 e. The third kappa shape index (κ3) is 3.63. The highest BCUT2D eigenvalue weighted by atomic mass is 16.4. The molecule has 2 aliphatic carbocycles. The Hall–Kier alpha value is -1.83. The lowest BCUT2D eigenvalue weighted by atomic mass is 9.63. The van der Waals surface area contributed by atoms with E-state index in [2.05, 4.69) is 25.1 Å². The van der Waals surface area contributed by atoms with Gasteiger partial charge in [0.15, 0.2) is 0 Å². The van der Waals surface area contributed by atoms with Crippen LogP contribution < -0.4 is 0 Å². The van der Waals surface area contributed by atoms with Gasteiger partial charge in [0.25, 0.3) is 0 Å². The molecule has 2 aromatic carbocycles. The smallest absolute Gasteiger partial charge is 0.335 e. The average Bonchev–Trinajstić information content (AvgIpc) is 2.67. The number of aromatic carboxylic acids is 1. The van der Waals surface area contributed by atoms with Crippen molar-refractivity contribution in [1.29, 1.82) is 0 Å². The number of carboxylic acids is 1. The molecule has 0 heterocycles. The Morgan fingerprint density at radius 3 is 2.59 bits per heavy atom. The van der Waals surface area contributed by atoms with E-state index in [9.17, 15) is 9.90 Å². The third-order valence-electron chi connectivity index (χ3n) is 7.43. The van der Waals surface area contributed by atoms with Crippen molar-refractivity contribution >= 4 is 16.7 Å². The summed E-state index contributed by atoms with van der Waals surface area (Å²) in [5.74, 6) is 2.71. The molecule has 0 aromatic heterocycles. The number of carboxylic acid groups (broad SMARTS) is 1. The Balaban J connectivity index is 1.52. The largest absolute Gasteiger partial charge is 0.478 e. The van der Waals surface area contributed by atoms with Crippen LogP contribution in [-0.4, -0.2) is 11.1 Å². The van der Waals surface area contributed by atoms with Crippen molar-refractivity contribution < 1.29 is 9.90 Å². The first-order valence-corrected chi connectivity index (χ1v) is 10.8. The molecule has 0 aliphatic heterocycles. The summed E-state index contributed by atoms with van der Waals surface area (Å²) >= 11 is 0. The minimum atomic E-state index is -0.838. The lowest BCUT2D eigenvalue weighted by molar-refractivity contribution is 0.0696. The second kappa shape index (κ2) is 7.66. The van der Waals surface area contributed by atoms with Crippen LogP contribution in [0.25, 0.3) is 10.8 Å². The predicted octanol–water partition coefficient (Wildman–Crippen LogP) is 6.95. The first kappa shape index (κ1) is 18.5. The summed E-state index contributed by atoms with van der Waals surface area (Å²) in [6.07, 6.45) is 11.2. The highest BCUT2D eigenvalue weighted by Gasteiger charge is 2.35. The van der Waals surface area contributed by atoms with Gasteiger partial charge in [-0.3, -0.25) is 0 Å². The molecule has 2 heteroatoms. The molecule has 4 atom stereocenters. The lowest BCUT2D eigenvalue weighted by Crippen LogP contribution is -2.30. The van der Waals surface area contributed by atoms with E-state index in [1.165, 1.54) is 62.3 Å². The molecule has 0 spiro atoms. The quantitative estimate of drug-likeness (QED) is 0.637. The van der Waals surface area contributed by atoms with Gasteiger partial charge in [-0.1, -0.05) is 50.5 Å². The van der Waals surface area contributed by atoms with E-state index in [4.69, 9.17) is 0 Å². The van der Waals surface area contributed by atoms with Gasteiger partial charge in [0, 0.05) is 0 Å². The summed E-state index contributed by atoms with van der Waals surface area (Å²) in [6, 6.07) is 10.5. The molecule has 2 aliphatic rings. The van der Waals surface area contributed by atoms with E-state index < -0.39 is 5.97 Å². The summed E-state index contributed by atoms with van der Waals surface area (Å²) in [5.41, 5.74) is 2.75. The van der Waals surface area contributed by atoms with Gasteiger partial charge in [0.05, 0.1) is 5.56 Å². The molecule has 2 nitrogen and oxygen atoms in total. The van der Waals surface area contributed by atoms with Crippen molar-refractivity contribution in [3.63, 3.8) is 0 Å². The fourth-order valence-corrected chi connectivity index (χ4v) is 5.95. The summed E-state index contributed by atoms with van der Waals surface area (Å²) in [4.78, 5) is 11.4. The first-order chi connectivity index (χ1) is 13.1. The van der Waals surface area contributed by atoms with Crippen LogP contribution in [0.2, 0.25) is 0 Å². The SMILES string of the molecule is CCCC1CCC2CC(c3ccc4c(C)c(C(=O)O)ccc4c3)CCC2C1. The number of aryl methyl sites for hydroxylation is 1. The van der Waals surface area contributed by atoms with Gasteiger partial charge in [0.1, 0.15) is 0 Å². The third-order valence-corrected chi connectivity index (χ3v) is 7.43. The van der Waals surface area contributed by atoms with Crippen LogP contribution in [0.1, 0.15) is 85.7 Å². The molecule has 4 rings (SSSR count). The van der Waals surface area contributed by atoms with Crippen LogP contribution in [0.15, 0.2) is 30.3 Å². The molecule has 2 aromatic rings. The van der Waals surface area contributed by atoms with Crippen LogP contribution in [0.3, 0.4) is 0 Å². The number of benzene rings is 2. The van der Waals surface area contributed by atoms with Crippen LogP contribution in [0, 0.1) is 24.7 Å². The number of rotatable bonds is 4. The molecule has 4 unspecified atom stereocenters. The Bertz CT molecular complexity index is 838. The molecular formula is C25H32O2. The number of fused-ring (bicyclic) bond motifs is 2. The molecule has 0 bridgehead atoms. The second-order valence-corrected chi connectivity index (χ2v) is 9.02. The van der Waals surface area contributed by atoms with Crippen LogP contribution in [-0.2, 0) is 0 Å². The highest BCUT2D eigenvalue weighted by molar-refractivity contribution is 5.97. The monoisotopic (exact) mass is 364 g/mol. The van der Waals surface area contributed by atoms with Crippen LogP contribution >= 0.6 is 0 Å². The van der Waals surface area contributed by atoms with Crippen LogP contribution in [0.4, 0.5) is 0 Å². The molecular weight excluding hydrogens is 332 g/mol. The van der Waals surface area contributed by atoms with Crippen molar-refractivity contribution in [1.82, 2.24) is 0 Å². The average molecular weight is 365 g/mol. The first-order valence-electron chi connectivity index (χ1n) is 10.8. The van der Waals surface area contributed by atoms with Gasteiger partial charge in [-0.25, -0.2) is 4.79 Å². The van der Waals surface area contributed by atoms with Gasteiger partial charge in [-0.2, -0.15) is 0 Å². The van der Waals surface area contributed by atoms with Crippen molar-refractivity contribution in [3.8, 4) is 0 Å². The zero-order chi connectivity index (χ0) is 19.0. The lowest BCUT2D eigenvalue weighted by Gasteiger charge is -2.42. The molecule has 0 amide bonds. The Morgan fingerprint density at radius 1 is 1.04 bits per heavy atom. The fourth-order valence-electron chi connectivity index (χ4n) is 5.95. The highest BCUT2D eigenvalue weighted by Crippen LogP contribution is 2.48. The molecule has 2 fully saturated rings. The number of hydrogen-bond acceptors (Lipinski definition) is 1. The van der Waals surface area contributed by atoms with Gasteiger partial charge in [-0.05, 0) is 90.7 Å². The van der Waals surface area contributed by atoms with E-state index in [-0.39, 0.29) is 0 Å². The Morgan fingerprint density at radius 2 is 1.81 bits per heavy atom. The van der Waals surface area contributed by atoms with E-state index in [1.807, 2.05) is 13.0 Å². The summed E-state index contributed by atoms with van der Waals surface area (Å²) < 4.78 is 0. The maximum absolute atomic E-state index is 11.4. The molecule has 0 saturated heterocycles. The van der Waals surface area contributed by atoms with Gasteiger partial charge in [-0.15, -0.1) is 0 Å². The van der Waals surface area contributed by atoms with Crippen molar-refractivity contribution in [2.75, 3.05) is 0 Å². The zero-order valence-electron chi connectivity index (χ0n) is 16.7. The van der Waals surface area contributed by atoms with Gasteiger partial charge >= 0.3 is 5.97 Å². The Labute approximate surface area is 163 Å². The standard InChI is InChI=1S/C25H32O2/c1-3-4-17-5-6-19-14-20(8-7-18(19)13-17)21-9-11-23-16(2)24(25(26)27)12-10-22(23)15-21/h9-12,15,17-20H,3-8,13-14H2,1-2H3,(H,26,27). The topological polar surface area (TPSA) is 37.3 Å². The molecule has 144 valence electrons. The Kier molecular flexibility index (Phi) is 5.25. The van der Waals surface area contributed by atoms with Crippen LogP contribution in [0.5, 0.6) is 0 Å². The summed E-state index contributed by atoms with van der Waals surface area (Å²) in [7, 11) is 0. The molecule has 27 heavy (non-hydrogen) atoms. The van der Waals surface area contributed by atoms with Crippen molar-refractivity contribution in [3.05, 3.63) is 47.0 Å². The molecule has 1 N–H and O–H groups in total. The van der Waals surface area contributed by atoms with E-state index >= 15 is 0 Å². The molecule has 0 radical (unpaired) electrons. The second-order valence-electron chi connectivity index (χ2n) is 9.02. The van der Waals surface area contributed by atoms with E-state index in [1.54, 1.807) is 6.07 Å². The maximum atomic E-state index is 11.4.